The standard InChI is InChI=1S/C21H36O6S/c1-3-4-5-8-15(22)11-12-17-18-13-16(9-6-7-10-21(24)27-2)28(25,26)20(18)14-19(17)23/h11-12,15-20,22-23H,3-10,13-14H2,1-2H3/b12-11+/t15-,16?,17+,18+,19+,20+/m0/s1. The van der Waals surface area contributed by atoms with Gasteiger partial charge in [-0.1, -0.05) is 44.8 Å². The highest BCUT2D eigenvalue weighted by Gasteiger charge is 2.55. The van der Waals surface area contributed by atoms with Crippen LogP contribution in [0.4, 0.5) is 0 Å². The zero-order valence-electron chi connectivity index (χ0n) is 17.1. The van der Waals surface area contributed by atoms with Crippen LogP contribution >= 0.6 is 0 Å². The number of ether oxygens (including phenoxy) is 1. The Hall–Kier alpha value is -0.920. The van der Waals surface area contributed by atoms with Crippen molar-refractivity contribution >= 4 is 15.8 Å². The molecule has 6 nitrogen and oxygen atoms in total. The van der Waals surface area contributed by atoms with Gasteiger partial charge in [-0.05, 0) is 38.0 Å². The Bertz CT molecular complexity index is 629. The van der Waals surface area contributed by atoms with Gasteiger partial charge in [0, 0.05) is 12.3 Å². The Kier molecular flexibility index (Phi) is 8.96. The van der Waals surface area contributed by atoms with Crippen molar-refractivity contribution in [3.8, 4) is 0 Å². The third-order valence-corrected chi connectivity index (χ3v) is 9.10. The smallest absolute Gasteiger partial charge is 0.305 e. The molecule has 1 aliphatic heterocycles. The number of rotatable bonds is 11. The first-order chi connectivity index (χ1) is 13.3. The van der Waals surface area contributed by atoms with E-state index in [2.05, 4.69) is 11.7 Å². The molecular formula is C21H36O6S. The fourth-order valence-electron chi connectivity index (χ4n) is 4.73. The molecule has 1 aliphatic carbocycles. The molecule has 2 rings (SSSR count). The normalized spacial score (nSPS) is 32.5. The van der Waals surface area contributed by atoms with E-state index in [0.717, 1.165) is 19.3 Å². The van der Waals surface area contributed by atoms with Gasteiger partial charge in [0.2, 0.25) is 0 Å². The molecule has 2 N–H and O–H groups in total. The molecule has 2 aliphatic rings. The zero-order chi connectivity index (χ0) is 20.7. The number of hydrogen-bond donors (Lipinski definition) is 2. The van der Waals surface area contributed by atoms with E-state index in [1.54, 1.807) is 6.08 Å². The molecule has 0 aromatic heterocycles. The quantitative estimate of drug-likeness (QED) is 0.305. The summed E-state index contributed by atoms with van der Waals surface area (Å²) in [6.45, 7) is 2.11. The molecule has 2 fully saturated rings. The average molecular weight is 417 g/mol. The van der Waals surface area contributed by atoms with Crippen molar-refractivity contribution in [1.29, 1.82) is 0 Å². The fourth-order valence-corrected chi connectivity index (χ4v) is 7.45. The highest BCUT2D eigenvalue weighted by Crippen LogP contribution is 2.48. The summed E-state index contributed by atoms with van der Waals surface area (Å²) in [5.41, 5.74) is 0. The summed E-state index contributed by atoms with van der Waals surface area (Å²) in [6.07, 6.45) is 9.24. The molecule has 1 saturated carbocycles. The number of carbonyl (C=O) groups is 1. The van der Waals surface area contributed by atoms with E-state index in [9.17, 15) is 23.4 Å². The van der Waals surface area contributed by atoms with Crippen molar-refractivity contribution in [1.82, 2.24) is 0 Å². The third-order valence-electron chi connectivity index (χ3n) is 6.36. The Labute approximate surface area is 169 Å². The van der Waals surface area contributed by atoms with Gasteiger partial charge in [-0.15, -0.1) is 0 Å². The number of carbonyl (C=O) groups excluding carboxylic acids is 1. The monoisotopic (exact) mass is 416 g/mol. The number of esters is 1. The second-order valence-corrected chi connectivity index (χ2v) is 10.7. The van der Waals surface area contributed by atoms with Crippen LogP contribution in [0.15, 0.2) is 12.2 Å². The minimum absolute atomic E-state index is 0.0790. The number of aliphatic hydroxyl groups is 2. The second kappa shape index (κ2) is 10.7. The molecule has 1 saturated heterocycles. The summed E-state index contributed by atoms with van der Waals surface area (Å²) < 4.78 is 30.4. The number of hydrogen-bond acceptors (Lipinski definition) is 6. The molecule has 0 spiro atoms. The number of unbranched alkanes of at least 4 members (excludes halogenated alkanes) is 3. The van der Waals surface area contributed by atoms with Gasteiger partial charge in [0.1, 0.15) is 0 Å². The molecular weight excluding hydrogens is 380 g/mol. The number of methoxy groups -OCH3 is 1. The summed E-state index contributed by atoms with van der Waals surface area (Å²) in [7, 11) is -1.91. The molecule has 28 heavy (non-hydrogen) atoms. The summed E-state index contributed by atoms with van der Waals surface area (Å²) in [6, 6.07) is 0. The van der Waals surface area contributed by atoms with E-state index in [0.29, 0.717) is 38.5 Å². The lowest BCUT2D eigenvalue weighted by atomic mass is 9.89. The van der Waals surface area contributed by atoms with E-state index in [4.69, 9.17) is 0 Å². The third kappa shape index (κ3) is 5.80. The number of sulfone groups is 1. The molecule has 1 unspecified atom stereocenters. The average Bonchev–Trinajstić information content (AvgIpc) is 3.09. The molecule has 6 atom stereocenters. The van der Waals surface area contributed by atoms with Gasteiger partial charge in [-0.3, -0.25) is 4.79 Å². The lowest BCUT2D eigenvalue weighted by Crippen LogP contribution is -2.24. The van der Waals surface area contributed by atoms with E-state index in [1.807, 2.05) is 6.08 Å². The van der Waals surface area contributed by atoms with Crippen molar-refractivity contribution in [2.45, 2.75) is 93.8 Å². The van der Waals surface area contributed by atoms with Crippen LogP contribution in [0.25, 0.3) is 0 Å². The lowest BCUT2D eigenvalue weighted by molar-refractivity contribution is -0.140. The molecule has 0 bridgehead atoms. The van der Waals surface area contributed by atoms with E-state index >= 15 is 0 Å². The molecule has 0 aromatic rings. The van der Waals surface area contributed by atoms with Gasteiger partial charge in [-0.25, -0.2) is 8.42 Å². The minimum atomic E-state index is -3.27. The van der Waals surface area contributed by atoms with Crippen LogP contribution < -0.4 is 0 Å². The van der Waals surface area contributed by atoms with Gasteiger partial charge in [0.05, 0.1) is 29.8 Å². The molecule has 162 valence electrons. The van der Waals surface area contributed by atoms with Crippen molar-refractivity contribution < 1.29 is 28.2 Å². The van der Waals surface area contributed by atoms with Crippen LogP contribution in [-0.2, 0) is 19.4 Å². The SMILES string of the molecule is CCCCC[C@H](O)/C=C/[C@@H]1[C@H]2CC(CCCCC(=O)OC)S(=O)(=O)[C@@H]2C[C@H]1O. The molecule has 0 aromatic carbocycles. The molecule has 0 radical (unpaired) electrons. The van der Waals surface area contributed by atoms with Gasteiger partial charge >= 0.3 is 5.97 Å². The first kappa shape index (κ1) is 23.4. The minimum Gasteiger partial charge on any atom is -0.469 e. The molecule has 0 amide bonds. The highest BCUT2D eigenvalue weighted by atomic mass is 32.2. The van der Waals surface area contributed by atoms with Crippen LogP contribution in [-0.4, -0.2) is 54.4 Å². The summed E-state index contributed by atoms with van der Waals surface area (Å²) in [4.78, 5) is 11.2. The Morgan fingerprint density at radius 1 is 1.21 bits per heavy atom. The molecule has 7 heteroatoms. The van der Waals surface area contributed by atoms with Gasteiger partial charge < -0.3 is 14.9 Å². The van der Waals surface area contributed by atoms with Gasteiger partial charge in [0.25, 0.3) is 0 Å². The zero-order valence-corrected chi connectivity index (χ0v) is 17.9. The highest BCUT2D eigenvalue weighted by molar-refractivity contribution is 7.93. The van der Waals surface area contributed by atoms with Crippen LogP contribution in [0.3, 0.4) is 0 Å². The van der Waals surface area contributed by atoms with Crippen LogP contribution in [0.2, 0.25) is 0 Å². The van der Waals surface area contributed by atoms with Crippen molar-refractivity contribution in [3.05, 3.63) is 12.2 Å². The summed E-state index contributed by atoms with van der Waals surface area (Å²) in [5, 5.41) is 19.6. The van der Waals surface area contributed by atoms with E-state index in [-0.39, 0.29) is 24.2 Å². The van der Waals surface area contributed by atoms with E-state index < -0.39 is 32.5 Å². The molecule has 1 heterocycles. The fraction of sp³-hybridized carbons (Fsp3) is 0.857. The second-order valence-electron chi connectivity index (χ2n) is 8.30. The largest absolute Gasteiger partial charge is 0.469 e. The summed E-state index contributed by atoms with van der Waals surface area (Å²) >= 11 is 0. The number of fused-ring (bicyclic) bond motifs is 1. The van der Waals surface area contributed by atoms with E-state index in [1.165, 1.54) is 7.11 Å². The van der Waals surface area contributed by atoms with Crippen molar-refractivity contribution in [2.24, 2.45) is 11.8 Å². The maximum Gasteiger partial charge on any atom is 0.305 e. The predicted molar refractivity (Wildman–Crippen MR) is 108 cm³/mol. The first-order valence-electron chi connectivity index (χ1n) is 10.6. The number of aliphatic hydroxyl groups excluding tert-OH is 2. The van der Waals surface area contributed by atoms with Gasteiger partial charge in [-0.2, -0.15) is 0 Å². The Morgan fingerprint density at radius 2 is 1.96 bits per heavy atom. The lowest BCUT2D eigenvalue weighted by Gasteiger charge is -2.18. The Morgan fingerprint density at radius 3 is 2.64 bits per heavy atom. The van der Waals surface area contributed by atoms with Gasteiger partial charge in [0.15, 0.2) is 9.84 Å². The van der Waals surface area contributed by atoms with Crippen molar-refractivity contribution in [3.63, 3.8) is 0 Å². The Balaban J connectivity index is 1.91. The maximum atomic E-state index is 12.9. The topological polar surface area (TPSA) is 101 Å². The predicted octanol–water partition coefficient (Wildman–Crippen LogP) is 2.77. The summed E-state index contributed by atoms with van der Waals surface area (Å²) in [5.74, 6) is -0.553. The van der Waals surface area contributed by atoms with Crippen LogP contribution in [0, 0.1) is 11.8 Å². The van der Waals surface area contributed by atoms with Crippen LogP contribution in [0.1, 0.15) is 71.1 Å². The van der Waals surface area contributed by atoms with Crippen LogP contribution in [0.5, 0.6) is 0 Å². The first-order valence-corrected chi connectivity index (χ1v) is 12.3. The van der Waals surface area contributed by atoms with Crippen molar-refractivity contribution in [2.75, 3.05) is 7.11 Å². The maximum absolute atomic E-state index is 12.9.